The highest BCUT2D eigenvalue weighted by Gasteiger charge is 2.18. The fraction of sp³-hybridized carbons (Fsp3) is 0.588. The Hall–Kier alpha value is -1.11. The second-order valence-corrected chi connectivity index (χ2v) is 8.39. The molecule has 138 valence electrons. The number of rotatable bonds is 10. The second kappa shape index (κ2) is 11.4. The first-order chi connectivity index (χ1) is 10.8. The molecular weight excluding hydrogens is 348 g/mol. The standard InChI is InChI=1S/C17H28N2O3S.ClH/c1-15(2)14-23(21,22)13-9-17(20)19(12-10-18)11-8-16-6-4-3-5-7-16;/h3-7,15H,8-14,18H2,1-2H3;1H. The van der Waals surface area contributed by atoms with E-state index in [1.807, 2.05) is 44.2 Å². The van der Waals surface area contributed by atoms with Crippen LogP contribution in [0.15, 0.2) is 30.3 Å². The van der Waals surface area contributed by atoms with Crippen LogP contribution in [-0.2, 0) is 21.1 Å². The van der Waals surface area contributed by atoms with E-state index in [1.165, 1.54) is 0 Å². The molecule has 0 aromatic heterocycles. The van der Waals surface area contributed by atoms with Gasteiger partial charge < -0.3 is 10.6 Å². The van der Waals surface area contributed by atoms with E-state index in [0.29, 0.717) is 19.6 Å². The van der Waals surface area contributed by atoms with Crippen molar-refractivity contribution < 1.29 is 13.2 Å². The zero-order chi connectivity index (χ0) is 17.3. The van der Waals surface area contributed by atoms with E-state index in [-0.39, 0.29) is 42.2 Å². The average Bonchev–Trinajstić information content (AvgIpc) is 2.49. The Kier molecular flexibility index (Phi) is 10.9. The molecule has 0 unspecified atom stereocenters. The van der Waals surface area contributed by atoms with Crippen molar-refractivity contribution >= 4 is 28.2 Å². The van der Waals surface area contributed by atoms with Gasteiger partial charge in [-0.3, -0.25) is 4.79 Å². The molecule has 0 saturated carbocycles. The number of sulfone groups is 1. The Bertz CT molecular complexity index is 577. The first-order valence-electron chi connectivity index (χ1n) is 8.06. The van der Waals surface area contributed by atoms with Crippen molar-refractivity contribution in [1.82, 2.24) is 4.90 Å². The van der Waals surface area contributed by atoms with Crippen LogP contribution in [0.1, 0.15) is 25.8 Å². The summed E-state index contributed by atoms with van der Waals surface area (Å²) in [5.41, 5.74) is 6.72. The molecule has 0 atom stereocenters. The highest BCUT2D eigenvalue weighted by Crippen LogP contribution is 2.06. The number of hydrogen-bond acceptors (Lipinski definition) is 4. The molecular formula is C17H29ClN2O3S. The van der Waals surface area contributed by atoms with Gasteiger partial charge in [0.25, 0.3) is 0 Å². The van der Waals surface area contributed by atoms with Gasteiger partial charge in [-0.05, 0) is 17.9 Å². The molecule has 1 rings (SSSR count). The first kappa shape index (κ1) is 22.9. The van der Waals surface area contributed by atoms with Crippen LogP contribution in [0.5, 0.6) is 0 Å². The summed E-state index contributed by atoms with van der Waals surface area (Å²) in [4.78, 5) is 14.0. The Balaban J connectivity index is 0.00000529. The van der Waals surface area contributed by atoms with Crippen LogP contribution in [0, 0.1) is 5.92 Å². The molecule has 1 amide bonds. The summed E-state index contributed by atoms with van der Waals surface area (Å²) in [7, 11) is -3.17. The van der Waals surface area contributed by atoms with Crippen LogP contribution in [0.25, 0.3) is 0 Å². The highest BCUT2D eigenvalue weighted by molar-refractivity contribution is 7.91. The normalized spacial score (nSPS) is 11.2. The maximum absolute atomic E-state index is 12.3. The molecule has 0 aliphatic rings. The van der Waals surface area contributed by atoms with E-state index in [2.05, 4.69) is 0 Å². The fourth-order valence-electron chi connectivity index (χ4n) is 2.42. The molecule has 5 nitrogen and oxygen atoms in total. The smallest absolute Gasteiger partial charge is 0.223 e. The number of amides is 1. The number of benzene rings is 1. The maximum Gasteiger partial charge on any atom is 0.223 e. The van der Waals surface area contributed by atoms with Crippen LogP contribution in [0.3, 0.4) is 0 Å². The summed E-state index contributed by atoms with van der Waals surface area (Å²) in [5.74, 6) is -0.0236. The summed E-state index contributed by atoms with van der Waals surface area (Å²) in [6.45, 7) is 5.11. The van der Waals surface area contributed by atoms with Crippen LogP contribution in [-0.4, -0.2) is 50.4 Å². The second-order valence-electron chi connectivity index (χ2n) is 6.16. The Morgan fingerprint density at radius 2 is 1.79 bits per heavy atom. The third kappa shape index (κ3) is 9.25. The predicted molar refractivity (Wildman–Crippen MR) is 101 cm³/mol. The maximum atomic E-state index is 12.3. The number of hydrogen-bond donors (Lipinski definition) is 1. The molecule has 0 aliphatic heterocycles. The highest BCUT2D eigenvalue weighted by atomic mass is 35.5. The van der Waals surface area contributed by atoms with Crippen LogP contribution in [0.4, 0.5) is 0 Å². The van der Waals surface area contributed by atoms with Gasteiger partial charge in [0, 0.05) is 26.1 Å². The van der Waals surface area contributed by atoms with Crippen molar-refractivity contribution in [2.75, 3.05) is 31.1 Å². The summed E-state index contributed by atoms with van der Waals surface area (Å²) < 4.78 is 23.8. The summed E-state index contributed by atoms with van der Waals surface area (Å²) in [5, 5.41) is 0. The SMILES string of the molecule is CC(C)CS(=O)(=O)CCC(=O)N(CCN)CCc1ccccc1.Cl. The van der Waals surface area contributed by atoms with Gasteiger partial charge in [-0.15, -0.1) is 12.4 Å². The molecule has 24 heavy (non-hydrogen) atoms. The molecule has 2 N–H and O–H groups in total. The van der Waals surface area contributed by atoms with E-state index in [1.54, 1.807) is 4.90 Å². The summed E-state index contributed by atoms with van der Waals surface area (Å²) >= 11 is 0. The number of carbonyl (C=O) groups is 1. The van der Waals surface area contributed by atoms with Gasteiger partial charge in [0.2, 0.25) is 5.91 Å². The lowest BCUT2D eigenvalue weighted by atomic mass is 10.1. The lowest BCUT2D eigenvalue weighted by molar-refractivity contribution is -0.130. The number of nitrogens with two attached hydrogens (primary N) is 1. The van der Waals surface area contributed by atoms with Crippen molar-refractivity contribution in [3.05, 3.63) is 35.9 Å². The van der Waals surface area contributed by atoms with E-state index in [4.69, 9.17) is 5.73 Å². The lowest BCUT2D eigenvalue weighted by Gasteiger charge is -2.22. The lowest BCUT2D eigenvalue weighted by Crippen LogP contribution is -2.37. The summed E-state index contributed by atoms with van der Waals surface area (Å²) in [6, 6.07) is 9.90. The van der Waals surface area contributed by atoms with E-state index < -0.39 is 9.84 Å². The van der Waals surface area contributed by atoms with E-state index in [9.17, 15) is 13.2 Å². The van der Waals surface area contributed by atoms with Gasteiger partial charge in [-0.1, -0.05) is 44.2 Å². The van der Waals surface area contributed by atoms with E-state index >= 15 is 0 Å². The molecule has 0 saturated heterocycles. The van der Waals surface area contributed by atoms with Crippen LogP contribution >= 0.6 is 12.4 Å². The molecule has 1 aromatic carbocycles. The van der Waals surface area contributed by atoms with Crippen molar-refractivity contribution in [3.8, 4) is 0 Å². The largest absolute Gasteiger partial charge is 0.341 e. The van der Waals surface area contributed by atoms with Crippen molar-refractivity contribution in [1.29, 1.82) is 0 Å². The fourth-order valence-corrected chi connectivity index (χ4v) is 4.09. The number of nitrogens with zero attached hydrogens (tertiary/aromatic N) is 1. The molecule has 0 aliphatic carbocycles. The third-order valence-electron chi connectivity index (χ3n) is 3.48. The van der Waals surface area contributed by atoms with Gasteiger partial charge >= 0.3 is 0 Å². The first-order valence-corrected chi connectivity index (χ1v) is 9.88. The zero-order valence-corrected chi connectivity index (χ0v) is 16.1. The molecule has 0 fully saturated rings. The summed E-state index contributed by atoms with van der Waals surface area (Å²) in [6.07, 6.45) is 0.773. The number of halogens is 1. The Labute approximate surface area is 151 Å². The Morgan fingerprint density at radius 3 is 2.33 bits per heavy atom. The Morgan fingerprint density at radius 1 is 1.17 bits per heavy atom. The molecule has 0 heterocycles. The van der Waals surface area contributed by atoms with Gasteiger partial charge in [0.15, 0.2) is 9.84 Å². The van der Waals surface area contributed by atoms with Gasteiger partial charge in [-0.2, -0.15) is 0 Å². The topological polar surface area (TPSA) is 80.5 Å². The van der Waals surface area contributed by atoms with Gasteiger partial charge in [-0.25, -0.2) is 8.42 Å². The molecule has 0 radical (unpaired) electrons. The van der Waals surface area contributed by atoms with Crippen molar-refractivity contribution in [2.24, 2.45) is 11.7 Å². The van der Waals surface area contributed by atoms with E-state index in [0.717, 1.165) is 12.0 Å². The van der Waals surface area contributed by atoms with Crippen molar-refractivity contribution in [3.63, 3.8) is 0 Å². The number of carbonyl (C=O) groups excluding carboxylic acids is 1. The average molecular weight is 377 g/mol. The minimum absolute atomic E-state index is 0. The predicted octanol–water partition coefficient (Wildman–Crippen LogP) is 1.90. The van der Waals surface area contributed by atoms with Crippen LogP contribution in [0.2, 0.25) is 0 Å². The molecule has 7 heteroatoms. The quantitative estimate of drug-likeness (QED) is 0.676. The molecule has 1 aromatic rings. The molecule has 0 bridgehead atoms. The minimum Gasteiger partial charge on any atom is -0.341 e. The third-order valence-corrected chi connectivity index (χ3v) is 5.48. The van der Waals surface area contributed by atoms with Crippen molar-refractivity contribution in [2.45, 2.75) is 26.7 Å². The van der Waals surface area contributed by atoms with Gasteiger partial charge in [0.05, 0.1) is 11.5 Å². The molecule has 0 spiro atoms. The van der Waals surface area contributed by atoms with Gasteiger partial charge in [0.1, 0.15) is 0 Å². The minimum atomic E-state index is -3.17. The monoisotopic (exact) mass is 376 g/mol. The van der Waals surface area contributed by atoms with Crippen LogP contribution < -0.4 is 5.73 Å². The zero-order valence-electron chi connectivity index (χ0n) is 14.5.